The highest BCUT2D eigenvalue weighted by atomic mass is 32.2. The van der Waals surface area contributed by atoms with E-state index in [9.17, 15) is 0 Å². The van der Waals surface area contributed by atoms with Crippen molar-refractivity contribution in [3.63, 3.8) is 0 Å². The highest BCUT2D eigenvalue weighted by Crippen LogP contribution is 2.15. The molecule has 1 aliphatic rings. The lowest BCUT2D eigenvalue weighted by Gasteiger charge is -2.07. The molecular weight excluding hydrogens is 142 g/mol. The van der Waals surface area contributed by atoms with Crippen LogP contribution in [0.15, 0.2) is 36.0 Å². The molecule has 0 aromatic rings. The van der Waals surface area contributed by atoms with Gasteiger partial charge in [0.05, 0.1) is 5.03 Å². The van der Waals surface area contributed by atoms with Crippen molar-refractivity contribution in [2.75, 3.05) is 5.75 Å². The maximum Gasteiger partial charge on any atom is 0.0686 e. The van der Waals surface area contributed by atoms with Crippen LogP contribution in [0.5, 0.6) is 0 Å². The summed E-state index contributed by atoms with van der Waals surface area (Å²) in [6, 6.07) is 0. The van der Waals surface area contributed by atoms with E-state index < -0.39 is 0 Å². The summed E-state index contributed by atoms with van der Waals surface area (Å²) in [5.74, 6) is 0.979. The first-order valence-electron chi connectivity index (χ1n) is 3.29. The Morgan fingerprint density at radius 2 is 2.70 bits per heavy atom. The molecule has 1 nitrogen and oxygen atoms in total. The minimum Gasteiger partial charge on any atom is -0.357 e. The van der Waals surface area contributed by atoms with Gasteiger partial charge in [-0.15, -0.1) is 18.3 Å². The van der Waals surface area contributed by atoms with E-state index in [1.807, 2.05) is 12.3 Å². The van der Waals surface area contributed by atoms with E-state index in [0.717, 1.165) is 12.2 Å². The number of rotatable bonds is 3. The van der Waals surface area contributed by atoms with Crippen LogP contribution < -0.4 is 5.32 Å². The zero-order chi connectivity index (χ0) is 7.23. The molecule has 54 valence electrons. The van der Waals surface area contributed by atoms with Gasteiger partial charge in [0, 0.05) is 5.75 Å². The third-order valence-corrected chi connectivity index (χ3v) is 2.14. The molecule has 1 heterocycles. The normalized spacial score (nSPS) is 15.8. The fourth-order valence-corrected chi connectivity index (χ4v) is 1.36. The van der Waals surface area contributed by atoms with Crippen LogP contribution in [0.1, 0.15) is 6.42 Å². The molecule has 0 saturated carbocycles. The first kappa shape index (κ1) is 7.48. The number of allylic oxidation sites excluding steroid dienone is 2. The van der Waals surface area contributed by atoms with E-state index in [2.05, 4.69) is 24.0 Å². The quantitative estimate of drug-likeness (QED) is 0.624. The summed E-state index contributed by atoms with van der Waals surface area (Å²) in [5, 5.41) is 4.39. The van der Waals surface area contributed by atoms with Crippen LogP contribution in [0.3, 0.4) is 0 Å². The monoisotopic (exact) mass is 153 g/mol. The van der Waals surface area contributed by atoms with Crippen LogP contribution >= 0.6 is 11.8 Å². The number of thioether (sulfide) groups is 1. The lowest BCUT2D eigenvalue weighted by molar-refractivity contribution is 1.09. The van der Waals surface area contributed by atoms with Gasteiger partial charge in [-0.1, -0.05) is 18.2 Å². The maximum absolute atomic E-state index is 3.65. The molecule has 0 bridgehead atoms. The Labute approximate surface area is 65.9 Å². The lowest BCUT2D eigenvalue weighted by atomic mass is 10.3. The van der Waals surface area contributed by atoms with Crippen molar-refractivity contribution in [2.45, 2.75) is 6.42 Å². The Morgan fingerprint density at radius 3 is 3.30 bits per heavy atom. The molecule has 0 spiro atoms. The van der Waals surface area contributed by atoms with Crippen molar-refractivity contribution < 1.29 is 0 Å². The van der Waals surface area contributed by atoms with Gasteiger partial charge >= 0.3 is 0 Å². The standard InChI is InChI=1S/C8H11NS/c1-2-7-10-8-5-3-4-6-9-8/h2,4-6,9H,1,3,7H2. The van der Waals surface area contributed by atoms with Crippen molar-refractivity contribution in [2.24, 2.45) is 0 Å². The third kappa shape index (κ3) is 2.31. The molecule has 0 aromatic carbocycles. The SMILES string of the molecule is C=CCSC1=CCC=CN1. The summed E-state index contributed by atoms with van der Waals surface area (Å²) >= 11 is 1.78. The molecule has 1 aliphatic heterocycles. The average molecular weight is 153 g/mol. The predicted molar refractivity (Wildman–Crippen MR) is 47.6 cm³/mol. The Morgan fingerprint density at radius 1 is 1.80 bits per heavy atom. The van der Waals surface area contributed by atoms with E-state index in [4.69, 9.17) is 0 Å². The van der Waals surface area contributed by atoms with E-state index >= 15 is 0 Å². The van der Waals surface area contributed by atoms with Gasteiger partial charge in [-0.25, -0.2) is 0 Å². The van der Waals surface area contributed by atoms with Crippen LogP contribution in [-0.2, 0) is 0 Å². The van der Waals surface area contributed by atoms with Crippen LogP contribution in [-0.4, -0.2) is 5.75 Å². The Hall–Kier alpha value is -0.630. The number of dihydropyridines is 1. The summed E-state index contributed by atoms with van der Waals surface area (Å²) < 4.78 is 0. The van der Waals surface area contributed by atoms with E-state index in [-0.39, 0.29) is 0 Å². The first-order valence-corrected chi connectivity index (χ1v) is 4.27. The van der Waals surface area contributed by atoms with Gasteiger partial charge in [0.25, 0.3) is 0 Å². The zero-order valence-electron chi connectivity index (χ0n) is 5.84. The van der Waals surface area contributed by atoms with E-state index in [1.54, 1.807) is 11.8 Å². The van der Waals surface area contributed by atoms with E-state index in [0.29, 0.717) is 0 Å². The van der Waals surface area contributed by atoms with Crippen molar-refractivity contribution in [1.29, 1.82) is 0 Å². The van der Waals surface area contributed by atoms with Gasteiger partial charge < -0.3 is 5.32 Å². The molecule has 0 unspecified atom stereocenters. The molecule has 0 atom stereocenters. The molecule has 0 fully saturated rings. The smallest absolute Gasteiger partial charge is 0.0686 e. The van der Waals surface area contributed by atoms with Crippen molar-refractivity contribution in [1.82, 2.24) is 5.32 Å². The van der Waals surface area contributed by atoms with Crippen molar-refractivity contribution in [3.05, 3.63) is 36.0 Å². The zero-order valence-corrected chi connectivity index (χ0v) is 6.66. The van der Waals surface area contributed by atoms with Gasteiger partial charge in [0.2, 0.25) is 0 Å². The third-order valence-electron chi connectivity index (χ3n) is 1.14. The van der Waals surface area contributed by atoms with Gasteiger partial charge in [0.1, 0.15) is 0 Å². The lowest BCUT2D eigenvalue weighted by Crippen LogP contribution is -2.04. The Bertz CT molecular complexity index is 170. The fraction of sp³-hybridized carbons (Fsp3) is 0.250. The second kappa shape index (κ2) is 4.23. The predicted octanol–water partition coefficient (Wildman–Crippen LogP) is 2.25. The Kier molecular flexibility index (Phi) is 3.16. The second-order valence-corrected chi connectivity index (χ2v) is 3.01. The summed E-state index contributed by atoms with van der Waals surface area (Å²) in [7, 11) is 0. The van der Waals surface area contributed by atoms with Crippen LogP contribution in [0.2, 0.25) is 0 Å². The average Bonchev–Trinajstić information content (AvgIpc) is 2.03. The van der Waals surface area contributed by atoms with Crippen LogP contribution in [0.25, 0.3) is 0 Å². The van der Waals surface area contributed by atoms with Crippen molar-refractivity contribution in [3.8, 4) is 0 Å². The first-order chi connectivity index (χ1) is 4.93. The molecule has 0 aliphatic carbocycles. The highest BCUT2D eigenvalue weighted by molar-refractivity contribution is 8.03. The maximum atomic E-state index is 3.65. The molecule has 1 N–H and O–H groups in total. The van der Waals surface area contributed by atoms with Gasteiger partial charge in [-0.2, -0.15) is 0 Å². The number of hydrogen-bond acceptors (Lipinski definition) is 2. The molecular formula is C8H11NS. The summed E-state index contributed by atoms with van der Waals surface area (Å²) in [4.78, 5) is 0. The summed E-state index contributed by atoms with van der Waals surface area (Å²) in [5.41, 5.74) is 0. The van der Waals surface area contributed by atoms with Gasteiger partial charge in [-0.05, 0) is 12.6 Å². The van der Waals surface area contributed by atoms with Crippen LogP contribution in [0.4, 0.5) is 0 Å². The van der Waals surface area contributed by atoms with E-state index in [1.165, 1.54) is 5.03 Å². The highest BCUT2D eigenvalue weighted by Gasteiger charge is 1.94. The largest absolute Gasteiger partial charge is 0.357 e. The minimum absolute atomic E-state index is 0.979. The van der Waals surface area contributed by atoms with Crippen LogP contribution in [0, 0.1) is 0 Å². The summed E-state index contributed by atoms with van der Waals surface area (Å²) in [6.45, 7) is 3.65. The molecule has 2 heteroatoms. The summed E-state index contributed by atoms with van der Waals surface area (Å²) in [6.07, 6.45) is 9.20. The minimum atomic E-state index is 0.979. The molecule has 0 saturated heterocycles. The molecule has 0 radical (unpaired) electrons. The van der Waals surface area contributed by atoms with Gasteiger partial charge in [-0.3, -0.25) is 0 Å². The van der Waals surface area contributed by atoms with Gasteiger partial charge in [0.15, 0.2) is 0 Å². The van der Waals surface area contributed by atoms with Crippen molar-refractivity contribution >= 4 is 11.8 Å². The number of nitrogens with one attached hydrogen (secondary N) is 1. The topological polar surface area (TPSA) is 12.0 Å². The Balaban J connectivity index is 2.27. The molecule has 1 rings (SSSR count). The molecule has 10 heavy (non-hydrogen) atoms. The fourth-order valence-electron chi connectivity index (χ4n) is 0.692. The molecule has 0 aromatic heterocycles. The molecule has 0 amide bonds. The second-order valence-electron chi connectivity index (χ2n) is 1.95. The number of hydrogen-bond donors (Lipinski definition) is 1.